The minimum absolute atomic E-state index is 0.127. The maximum absolute atomic E-state index is 12.7. The van der Waals surface area contributed by atoms with Crippen LogP contribution in [0.15, 0.2) is 22.7 Å². The molecular formula is C10H12BrFO. The molecule has 1 rings (SSSR count). The highest BCUT2D eigenvalue weighted by Gasteiger charge is 2.14. The lowest BCUT2D eigenvalue weighted by molar-refractivity contribution is 0.126. The third-order valence-electron chi connectivity index (χ3n) is 1.91. The number of hydrogen-bond donors (Lipinski definition) is 1. The Morgan fingerprint density at radius 3 is 2.46 bits per heavy atom. The van der Waals surface area contributed by atoms with E-state index in [-0.39, 0.29) is 11.7 Å². The summed E-state index contributed by atoms with van der Waals surface area (Å²) in [5, 5.41) is 9.72. The molecular weight excluding hydrogens is 235 g/mol. The highest BCUT2D eigenvalue weighted by Crippen LogP contribution is 2.28. The number of hydrogen-bond acceptors (Lipinski definition) is 1. The maximum Gasteiger partial charge on any atom is 0.124 e. The molecule has 1 atom stereocenters. The van der Waals surface area contributed by atoms with Crippen LogP contribution in [0.2, 0.25) is 0 Å². The van der Waals surface area contributed by atoms with Crippen LogP contribution in [0.1, 0.15) is 25.5 Å². The van der Waals surface area contributed by atoms with Crippen LogP contribution >= 0.6 is 15.9 Å². The molecule has 0 saturated heterocycles. The predicted octanol–water partition coefficient (Wildman–Crippen LogP) is 3.28. The third kappa shape index (κ3) is 2.51. The maximum atomic E-state index is 12.7. The topological polar surface area (TPSA) is 20.2 Å². The second kappa shape index (κ2) is 4.20. The van der Waals surface area contributed by atoms with Crippen molar-refractivity contribution in [1.29, 1.82) is 0 Å². The Kier molecular flexibility index (Phi) is 3.45. The molecule has 0 amide bonds. The van der Waals surface area contributed by atoms with E-state index in [0.717, 1.165) is 5.56 Å². The Balaban J connectivity index is 3.01. The summed E-state index contributed by atoms with van der Waals surface area (Å²) in [7, 11) is 0. The van der Waals surface area contributed by atoms with Gasteiger partial charge in [-0.05, 0) is 23.6 Å². The molecule has 0 radical (unpaired) electrons. The molecule has 0 bridgehead atoms. The number of benzene rings is 1. The first-order valence-electron chi connectivity index (χ1n) is 4.15. The minimum Gasteiger partial charge on any atom is -0.388 e. The molecule has 1 aromatic carbocycles. The highest BCUT2D eigenvalue weighted by atomic mass is 79.9. The van der Waals surface area contributed by atoms with E-state index in [0.29, 0.717) is 4.47 Å². The van der Waals surface area contributed by atoms with Gasteiger partial charge in [0.1, 0.15) is 5.82 Å². The van der Waals surface area contributed by atoms with Gasteiger partial charge in [0.05, 0.1) is 6.10 Å². The van der Waals surface area contributed by atoms with Gasteiger partial charge in [-0.2, -0.15) is 0 Å². The molecule has 1 aromatic rings. The third-order valence-corrected chi connectivity index (χ3v) is 2.60. The van der Waals surface area contributed by atoms with Crippen molar-refractivity contribution in [1.82, 2.24) is 0 Å². The van der Waals surface area contributed by atoms with Gasteiger partial charge in [0, 0.05) is 4.47 Å². The SMILES string of the molecule is CC(C)[C@@H](O)c1ccc(F)cc1Br. The van der Waals surface area contributed by atoms with Crippen molar-refractivity contribution in [3.63, 3.8) is 0 Å². The molecule has 0 heterocycles. The number of aliphatic hydroxyl groups excluding tert-OH is 1. The van der Waals surface area contributed by atoms with Crippen LogP contribution in [0, 0.1) is 11.7 Å². The molecule has 72 valence electrons. The first kappa shape index (κ1) is 10.7. The van der Waals surface area contributed by atoms with E-state index in [4.69, 9.17) is 0 Å². The van der Waals surface area contributed by atoms with Crippen molar-refractivity contribution in [3.8, 4) is 0 Å². The summed E-state index contributed by atoms with van der Waals surface area (Å²) in [6, 6.07) is 4.32. The zero-order valence-corrected chi connectivity index (χ0v) is 9.18. The second-order valence-electron chi connectivity index (χ2n) is 3.35. The van der Waals surface area contributed by atoms with Gasteiger partial charge in [-0.15, -0.1) is 0 Å². The van der Waals surface area contributed by atoms with E-state index in [2.05, 4.69) is 15.9 Å². The first-order chi connectivity index (χ1) is 6.02. The van der Waals surface area contributed by atoms with Crippen molar-refractivity contribution in [3.05, 3.63) is 34.1 Å². The fraction of sp³-hybridized carbons (Fsp3) is 0.400. The van der Waals surface area contributed by atoms with Gasteiger partial charge in [-0.3, -0.25) is 0 Å². The van der Waals surface area contributed by atoms with Crippen molar-refractivity contribution >= 4 is 15.9 Å². The van der Waals surface area contributed by atoms with Crippen LogP contribution < -0.4 is 0 Å². The van der Waals surface area contributed by atoms with Crippen LogP contribution in [0.3, 0.4) is 0 Å². The van der Waals surface area contributed by atoms with Crippen molar-refractivity contribution in [2.24, 2.45) is 5.92 Å². The van der Waals surface area contributed by atoms with E-state index < -0.39 is 6.10 Å². The van der Waals surface area contributed by atoms with E-state index in [1.165, 1.54) is 12.1 Å². The van der Waals surface area contributed by atoms with Gasteiger partial charge in [0.2, 0.25) is 0 Å². The molecule has 0 aromatic heterocycles. The van der Waals surface area contributed by atoms with Crippen LogP contribution in [0.4, 0.5) is 4.39 Å². The lowest BCUT2D eigenvalue weighted by Gasteiger charge is -2.16. The Bertz CT molecular complexity index is 299. The summed E-state index contributed by atoms with van der Waals surface area (Å²) in [5.74, 6) is -0.173. The Morgan fingerprint density at radius 1 is 1.38 bits per heavy atom. The zero-order chi connectivity index (χ0) is 10.0. The van der Waals surface area contributed by atoms with Gasteiger partial charge in [0.25, 0.3) is 0 Å². The molecule has 0 aliphatic carbocycles. The van der Waals surface area contributed by atoms with Gasteiger partial charge in [-0.1, -0.05) is 35.8 Å². The van der Waals surface area contributed by atoms with Crippen LogP contribution in [0.25, 0.3) is 0 Å². The number of aliphatic hydroxyl groups is 1. The Hall–Kier alpha value is -0.410. The second-order valence-corrected chi connectivity index (χ2v) is 4.21. The van der Waals surface area contributed by atoms with Crippen molar-refractivity contribution < 1.29 is 9.50 Å². The van der Waals surface area contributed by atoms with Crippen LogP contribution in [0.5, 0.6) is 0 Å². The van der Waals surface area contributed by atoms with Crippen LogP contribution in [-0.2, 0) is 0 Å². The highest BCUT2D eigenvalue weighted by molar-refractivity contribution is 9.10. The van der Waals surface area contributed by atoms with Crippen molar-refractivity contribution in [2.75, 3.05) is 0 Å². The summed E-state index contributed by atoms with van der Waals surface area (Å²) in [6.07, 6.45) is -0.546. The molecule has 0 aliphatic heterocycles. The van der Waals surface area contributed by atoms with Crippen molar-refractivity contribution in [2.45, 2.75) is 20.0 Å². The first-order valence-corrected chi connectivity index (χ1v) is 4.94. The molecule has 1 nitrogen and oxygen atoms in total. The quantitative estimate of drug-likeness (QED) is 0.850. The number of halogens is 2. The summed E-state index contributed by atoms with van der Waals surface area (Å²) in [5.41, 5.74) is 0.733. The fourth-order valence-corrected chi connectivity index (χ4v) is 1.69. The largest absolute Gasteiger partial charge is 0.388 e. The summed E-state index contributed by atoms with van der Waals surface area (Å²) in [4.78, 5) is 0. The van der Waals surface area contributed by atoms with Gasteiger partial charge < -0.3 is 5.11 Å². The molecule has 0 spiro atoms. The number of rotatable bonds is 2. The van der Waals surface area contributed by atoms with Gasteiger partial charge in [-0.25, -0.2) is 4.39 Å². The summed E-state index contributed by atoms with van der Waals surface area (Å²) in [6.45, 7) is 3.83. The van der Waals surface area contributed by atoms with Gasteiger partial charge in [0.15, 0.2) is 0 Å². The molecule has 1 N–H and O–H groups in total. The summed E-state index contributed by atoms with van der Waals surface area (Å²) >= 11 is 3.22. The standard InChI is InChI=1S/C10H12BrFO/c1-6(2)10(13)8-4-3-7(12)5-9(8)11/h3-6,10,13H,1-2H3/t10-/m1/s1. The van der Waals surface area contributed by atoms with Gasteiger partial charge >= 0.3 is 0 Å². The van der Waals surface area contributed by atoms with E-state index in [9.17, 15) is 9.50 Å². The molecule has 0 aliphatic rings. The van der Waals surface area contributed by atoms with E-state index in [1.54, 1.807) is 6.07 Å². The average Bonchev–Trinajstić information content (AvgIpc) is 2.03. The lowest BCUT2D eigenvalue weighted by atomic mass is 9.99. The fourth-order valence-electron chi connectivity index (χ4n) is 1.10. The molecule has 0 fully saturated rings. The van der Waals surface area contributed by atoms with E-state index >= 15 is 0 Å². The van der Waals surface area contributed by atoms with Crippen LogP contribution in [-0.4, -0.2) is 5.11 Å². The molecule has 0 saturated carbocycles. The molecule has 3 heteroatoms. The molecule has 13 heavy (non-hydrogen) atoms. The smallest absolute Gasteiger partial charge is 0.124 e. The monoisotopic (exact) mass is 246 g/mol. The average molecular weight is 247 g/mol. The summed E-state index contributed by atoms with van der Waals surface area (Å²) < 4.78 is 13.3. The molecule has 0 unspecified atom stereocenters. The zero-order valence-electron chi connectivity index (χ0n) is 7.59. The van der Waals surface area contributed by atoms with E-state index in [1.807, 2.05) is 13.8 Å². The predicted molar refractivity (Wildman–Crippen MR) is 53.9 cm³/mol. The Labute approximate surface area is 85.7 Å². The Morgan fingerprint density at radius 2 is 2.00 bits per heavy atom. The lowest BCUT2D eigenvalue weighted by Crippen LogP contribution is -2.06. The normalized spacial score (nSPS) is 13.4. The minimum atomic E-state index is -0.546.